The molecule has 154 valence electrons. The molecule has 1 aliphatic rings. The number of rotatable bonds is 8. The van der Waals surface area contributed by atoms with Crippen molar-refractivity contribution in [3.8, 4) is 5.75 Å². The van der Waals surface area contributed by atoms with Gasteiger partial charge in [0.15, 0.2) is 12.1 Å². The molecule has 29 heavy (non-hydrogen) atoms. The lowest BCUT2D eigenvalue weighted by Crippen LogP contribution is -2.25. The molecule has 0 fully saturated rings. The summed E-state index contributed by atoms with van der Waals surface area (Å²) in [6, 6.07) is 14.5. The Balaban J connectivity index is 2.01. The van der Waals surface area contributed by atoms with Gasteiger partial charge < -0.3 is 9.64 Å². The molecule has 1 heterocycles. The van der Waals surface area contributed by atoms with Crippen LogP contribution in [-0.2, 0) is 4.79 Å². The highest BCUT2D eigenvalue weighted by Crippen LogP contribution is 2.45. The zero-order valence-corrected chi connectivity index (χ0v) is 18.4. The Hall–Kier alpha value is -1.92. The summed E-state index contributed by atoms with van der Waals surface area (Å²) in [5, 5.41) is 0. The van der Waals surface area contributed by atoms with Crippen molar-refractivity contribution in [2.24, 2.45) is 5.92 Å². The number of aldehydes is 1. The van der Waals surface area contributed by atoms with E-state index < -0.39 is 5.83 Å². The minimum Gasteiger partial charge on any atom is -0.461 e. The Morgan fingerprint density at radius 1 is 1.34 bits per heavy atom. The number of hydrogen-bond acceptors (Lipinski definition) is 5. The number of anilines is 2. The molecular formula is C23H26FNO2S2. The van der Waals surface area contributed by atoms with Gasteiger partial charge in [0.2, 0.25) is 0 Å². The molecule has 1 aliphatic heterocycles. The molecule has 0 aliphatic carbocycles. The molecule has 3 nitrogen and oxygen atoms in total. The summed E-state index contributed by atoms with van der Waals surface area (Å²) in [5.74, 6) is 1.26. The topological polar surface area (TPSA) is 29.5 Å². The molecule has 0 radical (unpaired) electrons. The summed E-state index contributed by atoms with van der Waals surface area (Å²) in [6.07, 6.45) is 6.61. The van der Waals surface area contributed by atoms with E-state index in [1.165, 1.54) is 24.9 Å². The Morgan fingerprint density at radius 2 is 2.14 bits per heavy atom. The van der Waals surface area contributed by atoms with Gasteiger partial charge in [-0.1, -0.05) is 38.0 Å². The molecule has 1 unspecified atom stereocenters. The van der Waals surface area contributed by atoms with Crippen molar-refractivity contribution in [2.45, 2.75) is 36.0 Å². The second kappa shape index (κ2) is 10.7. The fourth-order valence-electron chi connectivity index (χ4n) is 3.39. The van der Waals surface area contributed by atoms with Crippen LogP contribution >= 0.6 is 23.5 Å². The van der Waals surface area contributed by atoms with Crippen LogP contribution in [0.15, 0.2) is 64.3 Å². The number of hydrogen-bond donors (Lipinski definition) is 0. The van der Waals surface area contributed by atoms with Gasteiger partial charge >= 0.3 is 0 Å². The van der Waals surface area contributed by atoms with E-state index in [2.05, 4.69) is 42.2 Å². The Labute approximate surface area is 180 Å². The first kappa shape index (κ1) is 21.8. The molecule has 2 aromatic carbocycles. The molecule has 1 atom stereocenters. The number of allylic oxidation sites excluding steroid dienone is 1. The average molecular weight is 432 g/mol. The summed E-state index contributed by atoms with van der Waals surface area (Å²) in [6.45, 7) is 3.20. The highest BCUT2D eigenvalue weighted by Gasteiger charge is 2.25. The molecule has 0 saturated carbocycles. The van der Waals surface area contributed by atoms with Gasteiger partial charge in [0.05, 0.1) is 10.6 Å². The smallest absolute Gasteiger partial charge is 0.197 e. The molecule has 6 heteroatoms. The maximum atomic E-state index is 13.3. The standard InChI is InChI=1S/C23H26FNO2S2/c1-3-4-8-17-13-25(19-9-6-5-7-10-19)20-11-23(28-2)21(12-22(20)29-16-17)27-15-18(24)14-26/h5-7,9-12,14-15,17H,3-4,8,13,16H2,1-2H3/b18-15-. The fourth-order valence-corrected chi connectivity index (χ4v) is 5.13. The third-order valence-electron chi connectivity index (χ3n) is 4.90. The van der Waals surface area contributed by atoms with E-state index in [9.17, 15) is 9.18 Å². The van der Waals surface area contributed by atoms with Crippen molar-refractivity contribution in [1.82, 2.24) is 0 Å². The van der Waals surface area contributed by atoms with Crippen LogP contribution in [0, 0.1) is 5.92 Å². The van der Waals surface area contributed by atoms with E-state index in [1.807, 2.05) is 30.2 Å². The predicted octanol–water partition coefficient (Wildman–Crippen LogP) is 6.85. The second-order valence-electron chi connectivity index (χ2n) is 6.97. The Kier molecular flexibility index (Phi) is 8.07. The summed E-state index contributed by atoms with van der Waals surface area (Å²) >= 11 is 3.37. The molecule has 0 saturated heterocycles. The molecular weight excluding hydrogens is 405 g/mol. The van der Waals surface area contributed by atoms with Crippen LogP contribution in [-0.4, -0.2) is 24.8 Å². The summed E-state index contributed by atoms with van der Waals surface area (Å²) < 4.78 is 18.8. The minimum atomic E-state index is -0.926. The molecule has 0 bridgehead atoms. The van der Waals surface area contributed by atoms with Gasteiger partial charge in [-0.25, -0.2) is 0 Å². The van der Waals surface area contributed by atoms with Gasteiger partial charge in [-0.15, -0.1) is 23.5 Å². The van der Waals surface area contributed by atoms with Crippen molar-refractivity contribution >= 4 is 41.2 Å². The second-order valence-corrected chi connectivity index (χ2v) is 8.88. The number of unbranched alkanes of at least 4 members (excludes halogenated alkanes) is 1. The van der Waals surface area contributed by atoms with E-state index in [-0.39, 0.29) is 6.29 Å². The lowest BCUT2D eigenvalue weighted by atomic mass is 10.0. The van der Waals surface area contributed by atoms with Crippen LogP contribution in [0.25, 0.3) is 0 Å². The number of benzene rings is 2. The maximum Gasteiger partial charge on any atom is 0.197 e. The number of para-hydroxylation sites is 1. The zero-order valence-electron chi connectivity index (χ0n) is 16.8. The molecule has 0 aromatic heterocycles. The first-order valence-corrected chi connectivity index (χ1v) is 12.0. The number of halogens is 1. The van der Waals surface area contributed by atoms with E-state index in [1.54, 1.807) is 11.8 Å². The lowest BCUT2D eigenvalue weighted by molar-refractivity contribution is -0.106. The maximum absolute atomic E-state index is 13.3. The van der Waals surface area contributed by atoms with Gasteiger partial charge in [0.25, 0.3) is 0 Å². The zero-order chi connectivity index (χ0) is 20.6. The van der Waals surface area contributed by atoms with Crippen molar-refractivity contribution < 1.29 is 13.9 Å². The fraction of sp³-hybridized carbons (Fsp3) is 0.348. The number of carbonyl (C=O) groups excluding carboxylic acids is 1. The molecule has 0 spiro atoms. The molecule has 0 N–H and O–H groups in total. The highest BCUT2D eigenvalue weighted by molar-refractivity contribution is 7.99. The molecule has 0 amide bonds. The molecule has 3 rings (SSSR count). The largest absolute Gasteiger partial charge is 0.461 e. The number of thioether (sulfide) groups is 2. The first-order chi connectivity index (χ1) is 14.2. The van der Waals surface area contributed by atoms with Crippen molar-refractivity contribution in [1.29, 1.82) is 0 Å². The van der Waals surface area contributed by atoms with Crippen LogP contribution in [0.3, 0.4) is 0 Å². The number of ether oxygens (including phenoxy) is 1. The van der Waals surface area contributed by atoms with Crippen molar-refractivity contribution in [3.05, 3.63) is 54.6 Å². The van der Waals surface area contributed by atoms with E-state index in [4.69, 9.17) is 4.74 Å². The normalized spacial score (nSPS) is 16.9. The van der Waals surface area contributed by atoms with Crippen molar-refractivity contribution in [2.75, 3.05) is 23.5 Å². The minimum absolute atomic E-state index is 0.145. The predicted molar refractivity (Wildman–Crippen MR) is 121 cm³/mol. The third kappa shape index (κ3) is 5.58. The van der Waals surface area contributed by atoms with Crippen LogP contribution < -0.4 is 9.64 Å². The Bertz CT molecular complexity index is 857. The quantitative estimate of drug-likeness (QED) is 0.197. The summed E-state index contributed by atoms with van der Waals surface area (Å²) in [7, 11) is 0. The van der Waals surface area contributed by atoms with E-state index in [0.717, 1.165) is 34.0 Å². The van der Waals surface area contributed by atoms with Gasteiger partial charge in [-0.05, 0) is 42.9 Å². The Morgan fingerprint density at radius 3 is 2.83 bits per heavy atom. The first-order valence-electron chi connectivity index (χ1n) is 9.81. The number of nitrogens with zero attached hydrogens (tertiary/aromatic N) is 1. The van der Waals surface area contributed by atoms with Crippen molar-refractivity contribution in [3.63, 3.8) is 0 Å². The van der Waals surface area contributed by atoms with E-state index >= 15 is 0 Å². The van der Waals surface area contributed by atoms with Gasteiger partial charge in [-0.3, -0.25) is 4.79 Å². The van der Waals surface area contributed by atoms with Crippen LogP contribution in [0.5, 0.6) is 5.75 Å². The average Bonchev–Trinajstić information content (AvgIpc) is 2.94. The van der Waals surface area contributed by atoms with Crippen LogP contribution in [0.2, 0.25) is 0 Å². The van der Waals surface area contributed by atoms with E-state index in [0.29, 0.717) is 11.7 Å². The third-order valence-corrected chi connectivity index (χ3v) is 6.93. The summed E-state index contributed by atoms with van der Waals surface area (Å²) in [4.78, 5) is 15.0. The van der Waals surface area contributed by atoms with Gasteiger partial charge in [0.1, 0.15) is 12.0 Å². The van der Waals surface area contributed by atoms with Crippen LogP contribution in [0.4, 0.5) is 15.8 Å². The van der Waals surface area contributed by atoms with Gasteiger partial charge in [-0.2, -0.15) is 4.39 Å². The monoisotopic (exact) mass is 431 g/mol. The lowest BCUT2D eigenvalue weighted by Gasteiger charge is -2.28. The van der Waals surface area contributed by atoms with Gasteiger partial charge in [0, 0.05) is 22.9 Å². The van der Waals surface area contributed by atoms with Crippen LogP contribution in [0.1, 0.15) is 26.2 Å². The summed E-state index contributed by atoms with van der Waals surface area (Å²) in [5.41, 5.74) is 2.32. The highest BCUT2D eigenvalue weighted by atomic mass is 32.2. The number of fused-ring (bicyclic) bond motifs is 1. The molecule has 2 aromatic rings. The SMILES string of the molecule is CCCCC1CSc2cc(O/C=C(\F)C=O)c(SC)cc2N(c2ccccc2)C1. The number of carbonyl (C=O) groups is 1.